The topological polar surface area (TPSA) is 60.9 Å². The molecule has 0 saturated carbocycles. The summed E-state index contributed by atoms with van der Waals surface area (Å²) in [5.74, 6) is -0.426. The van der Waals surface area contributed by atoms with E-state index < -0.39 is 15.8 Å². The number of benzene rings is 1. The highest BCUT2D eigenvalue weighted by atomic mass is 32.2. The van der Waals surface area contributed by atoms with Crippen molar-refractivity contribution in [2.45, 2.75) is 17.7 Å². The fraction of sp³-hybridized carbons (Fsp3) is 0.588. The van der Waals surface area contributed by atoms with Gasteiger partial charge in [-0.1, -0.05) is 0 Å². The molecule has 2 aliphatic heterocycles. The number of halogens is 1. The SMILES string of the molecule is CN1CCN(C(=O)C2CCN(S(=O)(=O)c3ccc(F)cc3)CC2)CC1. The van der Waals surface area contributed by atoms with Gasteiger partial charge in [-0.2, -0.15) is 4.31 Å². The number of piperazine rings is 1. The molecule has 25 heavy (non-hydrogen) atoms. The van der Waals surface area contributed by atoms with Crippen molar-refractivity contribution in [1.82, 2.24) is 14.1 Å². The maximum absolute atomic E-state index is 13.0. The van der Waals surface area contributed by atoms with Gasteiger partial charge in [0.2, 0.25) is 15.9 Å². The predicted octanol–water partition coefficient (Wildman–Crippen LogP) is 1.00. The number of likely N-dealkylation sites (N-methyl/N-ethyl adjacent to an activating group) is 1. The third-order valence-electron chi connectivity index (χ3n) is 5.07. The molecule has 0 spiro atoms. The third kappa shape index (κ3) is 4.02. The first-order chi connectivity index (χ1) is 11.9. The second-order valence-corrected chi connectivity index (χ2v) is 8.70. The van der Waals surface area contributed by atoms with Crippen molar-refractivity contribution in [1.29, 1.82) is 0 Å². The lowest BCUT2D eigenvalue weighted by molar-refractivity contribution is -0.138. The van der Waals surface area contributed by atoms with Crippen LogP contribution in [0.3, 0.4) is 0 Å². The van der Waals surface area contributed by atoms with Crippen LogP contribution in [0.2, 0.25) is 0 Å². The number of rotatable bonds is 3. The summed E-state index contributed by atoms with van der Waals surface area (Å²) in [6.07, 6.45) is 1.07. The first kappa shape index (κ1) is 18.3. The van der Waals surface area contributed by atoms with Crippen LogP contribution >= 0.6 is 0 Å². The Morgan fingerprint density at radius 3 is 2.12 bits per heavy atom. The highest BCUT2D eigenvalue weighted by molar-refractivity contribution is 7.89. The summed E-state index contributed by atoms with van der Waals surface area (Å²) in [4.78, 5) is 16.8. The Morgan fingerprint density at radius 1 is 1.00 bits per heavy atom. The third-order valence-corrected chi connectivity index (χ3v) is 6.98. The maximum Gasteiger partial charge on any atom is 0.243 e. The highest BCUT2D eigenvalue weighted by Gasteiger charge is 2.34. The van der Waals surface area contributed by atoms with Crippen LogP contribution in [-0.4, -0.2) is 74.7 Å². The van der Waals surface area contributed by atoms with Gasteiger partial charge in [0, 0.05) is 45.2 Å². The average Bonchev–Trinajstić information content (AvgIpc) is 2.62. The molecule has 0 bridgehead atoms. The molecule has 2 aliphatic rings. The van der Waals surface area contributed by atoms with Crippen molar-refractivity contribution in [3.63, 3.8) is 0 Å². The van der Waals surface area contributed by atoms with Gasteiger partial charge >= 0.3 is 0 Å². The summed E-state index contributed by atoms with van der Waals surface area (Å²) in [7, 11) is -1.58. The van der Waals surface area contributed by atoms with Crippen LogP contribution in [-0.2, 0) is 14.8 Å². The zero-order valence-corrected chi connectivity index (χ0v) is 15.2. The Labute approximate surface area is 148 Å². The Balaban J connectivity index is 1.59. The zero-order valence-electron chi connectivity index (χ0n) is 14.4. The first-order valence-electron chi connectivity index (χ1n) is 8.61. The van der Waals surface area contributed by atoms with E-state index in [2.05, 4.69) is 4.90 Å². The lowest BCUT2D eigenvalue weighted by Crippen LogP contribution is -2.50. The standard InChI is InChI=1S/C17H24FN3O3S/c1-19-10-12-20(13-11-19)17(22)14-6-8-21(9-7-14)25(23,24)16-4-2-15(18)3-5-16/h2-5,14H,6-13H2,1H3. The summed E-state index contributed by atoms with van der Waals surface area (Å²) in [6, 6.07) is 4.87. The molecule has 1 aromatic rings. The molecule has 0 aliphatic carbocycles. The molecule has 0 unspecified atom stereocenters. The van der Waals surface area contributed by atoms with Crippen LogP contribution in [0.25, 0.3) is 0 Å². The van der Waals surface area contributed by atoms with Gasteiger partial charge in [0.25, 0.3) is 0 Å². The lowest BCUT2D eigenvalue weighted by atomic mass is 9.96. The zero-order chi connectivity index (χ0) is 18.0. The van der Waals surface area contributed by atoms with E-state index in [1.54, 1.807) is 0 Å². The van der Waals surface area contributed by atoms with E-state index in [0.717, 1.165) is 38.3 Å². The molecule has 8 heteroatoms. The van der Waals surface area contributed by atoms with Crippen LogP contribution in [0, 0.1) is 11.7 Å². The van der Waals surface area contributed by atoms with Crippen molar-refractivity contribution in [3.8, 4) is 0 Å². The van der Waals surface area contributed by atoms with E-state index in [-0.39, 0.29) is 16.7 Å². The van der Waals surface area contributed by atoms with E-state index in [0.29, 0.717) is 25.9 Å². The minimum atomic E-state index is -3.62. The van der Waals surface area contributed by atoms with Gasteiger partial charge in [0.15, 0.2) is 0 Å². The Morgan fingerprint density at radius 2 is 1.56 bits per heavy atom. The fourth-order valence-electron chi connectivity index (χ4n) is 3.38. The van der Waals surface area contributed by atoms with Gasteiger partial charge in [-0.3, -0.25) is 4.79 Å². The summed E-state index contributed by atoms with van der Waals surface area (Å²) in [5.41, 5.74) is 0. The lowest BCUT2D eigenvalue weighted by Gasteiger charge is -2.37. The molecule has 138 valence electrons. The summed E-state index contributed by atoms with van der Waals surface area (Å²) < 4.78 is 39.6. The number of hydrogen-bond acceptors (Lipinski definition) is 4. The molecule has 2 heterocycles. The molecule has 1 amide bonds. The summed E-state index contributed by atoms with van der Waals surface area (Å²) >= 11 is 0. The molecule has 2 fully saturated rings. The van der Waals surface area contributed by atoms with Crippen LogP contribution in [0.5, 0.6) is 0 Å². The summed E-state index contributed by atoms with van der Waals surface area (Å²) in [5, 5.41) is 0. The molecule has 0 N–H and O–H groups in total. The van der Waals surface area contributed by atoms with Gasteiger partial charge in [0.1, 0.15) is 5.82 Å². The largest absolute Gasteiger partial charge is 0.340 e. The molecular formula is C17H24FN3O3S. The van der Waals surface area contributed by atoms with Gasteiger partial charge in [0.05, 0.1) is 4.90 Å². The molecule has 6 nitrogen and oxygen atoms in total. The molecule has 0 aromatic heterocycles. The van der Waals surface area contributed by atoms with Crippen molar-refractivity contribution in [3.05, 3.63) is 30.1 Å². The Bertz CT molecular complexity index is 707. The highest BCUT2D eigenvalue weighted by Crippen LogP contribution is 2.25. The quantitative estimate of drug-likeness (QED) is 0.798. The Kier molecular flexibility index (Phi) is 5.41. The number of piperidine rings is 1. The van der Waals surface area contributed by atoms with Crippen molar-refractivity contribution in [2.24, 2.45) is 5.92 Å². The predicted molar refractivity (Wildman–Crippen MR) is 92.0 cm³/mol. The monoisotopic (exact) mass is 369 g/mol. The first-order valence-corrected chi connectivity index (χ1v) is 10.0. The van der Waals surface area contributed by atoms with Gasteiger partial charge in [-0.25, -0.2) is 12.8 Å². The van der Waals surface area contributed by atoms with E-state index in [9.17, 15) is 17.6 Å². The number of carbonyl (C=O) groups is 1. The van der Waals surface area contributed by atoms with Gasteiger partial charge in [-0.05, 0) is 44.2 Å². The minimum Gasteiger partial charge on any atom is -0.340 e. The van der Waals surface area contributed by atoms with Crippen molar-refractivity contribution < 1.29 is 17.6 Å². The number of amides is 1. The fourth-order valence-corrected chi connectivity index (χ4v) is 4.85. The minimum absolute atomic E-state index is 0.0951. The van der Waals surface area contributed by atoms with E-state index in [1.165, 1.54) is 16.4 Å². The van der Waals surface area contributed by atoms with Crippen LogP contribution in [0.4, 0.5) is 4.39 Å². The smallest absolute Gasteiger partial charge is 0.243 e. The normalized spacial score (nSPS) is 21.4. The molecule has 0 radical (unpaired) electrons. The van der Waals surface area contributed by atoms with Gasteiger partial charge in [-0.15, -0.1) is 0 Å². The van der Waals surface area contributed by atoms with Crippen molar-refractivity contribution >= 4 is 15.9 Å². The van der Waals surface area contributed by atoms with Crippen molar-refractivity contribution in [2.75, 3.05) is 46.3 Å². The molecule has 3 rings (SSSR count). The van der Waals surface area contributed by atoms with Crippen LogP contribution < -0.4 is 0 Å². The number of sulfonamides is 1. The average molecular weight is 369 g/mol. The summed E-state index contributed by atoms with van der Waals surface area (Å²) in [6.45, 7) is 3.88. The van der Waals surface area contributed by atoms with Crippen LogP contribution in [0.1, 0.15) is 12.8 Å². The molecule has 0 atom stereocenters. The van der Waals surface area contributed by atoms with E-state index in [4.69, 9.17) is 0 Å². The van der Waals surface area contributed by atoms with Gasteiger partial charge < -0.3 is 9.80 Å². The molecular weight excluding hydrogens is 345 g/mol. The molecule has 2 saturated heterocycles. The Hall–Kier alpha value is -1.51. The van der Waals surface area contributed by atoms with E-state index in [1.807, 2.05) is 11.9 Å². The molecule has 1 aromatic carbocycles. The van der Waals surface area contributed by atoms with Crippen LogP contribution in [0.15, 0.2) is 29.2 Å². The maximum atomic E-state index is 13.0. The van der Waals surface area contributed by atoms with E-state index >= 15 is 0 Å². The second-order valence-electron chi connectivity index (χ2n) is 6.76. The second kappa shape index (κ2) is 7.39. The number of carbonyl (C=O) groups excluding carboxylic acids is 1. The number of hydrogen-bond donors (Lipinski definition) is 0. The number of nitrogens with zero attached hydrogens (tertiary/aromatic N) is 3.